The van der Waals surface area contributed by atoms with E-state index in [1.54, 1.807) is 18.2 Å². The van der Waals surface area contributed by atoms with Crippen molar-refractivity contribution in [1.29, 1.82) is 5.26 Å². The molecule has 0 atom stereocenters. The molecule has 0 amide bonds. The molecule has 1 aliphatic carbocycles. The van der Waals surface area contributed by atoms with Crippen LogP contribution in [0.5, 0.6) is 0 Å². The molecule has 2 nitrogen and oxygen atoms in total. The summed E-state index contributed by atoms with van der Waals surface area (Å²) in [5, 5.41) is 8.64. The summed E-state index contributed by atoms with van der Waals surface area (Å²) in [5.74, 6) is 0.205. The fraction of sp³-hybridized carbons (Fsp3) is 0.286. The zero-order valence-electron chi connectivity index (χ0n) is 9.23. The van der Waals surface area contributed by atoms with E-state index < -0.39 is 0 Å². The highest BCUT2D eigenvalue weighted by Crippen LogP contribution is 2.46. The molecule has 0 N–H and O–H groups in total. The molecule has 1 aliphatic rings. The van der Waals surface area contributed by atoms with Gasteiger partial charge in [0.15, 0.2) is 5.78 Å². The Kier molecular flexibility index (Phi) is 2.62. The van der Waals surface area contributed by atoms with E-state index in [1.165, 1.54) is 0 Å². The van der Waals surface area contributed by atoms with Crippen molar-refractivity contribution >= 4 is 11.9 Å². The van der Waals surface area contributed by atoms with Gasteiger partial charge in [-0.25, -0.2) is 0 Å². The van der Waals surface area contributed by atoms with Crippen LogP contribution in [0.3, 0.4) is 0 Å². The highest BCUT2D eigenvalue weighted by atomic mass is 16.1. The van der Waals surface area contributed by atoms with Crippen LogP contribution in [0.15, 0.2) is 30.3 Å². The highest BCUT2D eigenvalue weighted by molar-refractivity contribution is 5.99. The molecule has 0 aliphatic heterocycles. The normalized spacial score (nSPS) is 17.0. The number of ketones is 1. The smallest absolute Gasteiger partial charge is 0.161 e. The van der Waals surface area contributed by atoms with Gasteiger partial charge in [-0.05, 0) is 36.6 Å². The van der Waals surface area contributed by atoms with E-state index in [0.29, 0.717) is 5.56 Å². The van der Waals surface area contributed by atoms with Crippen LogP contribution in [0.1, 0.15) is 30.9 Å². The van der Waals surface area contributed by atoms with Crippen LogP contribution in [0, 0.1) is 16.7 Å². The molecule has 2 heteroatoms. The summed E-state index contributed by atoms with van der Waals surface area (Å²) < 4.78 is 0. The summed E-state index contributed by atoms with van der Waals surface area (Å²) in [7, 11) is 0. The molecule has 2 rings (SSSR count). The maximum absolute atomic E-state index is 11.7. The Morgan fingerprint density at radius 2 is 2.00 bits per heavy atom. The lowest BCUT2D eigenvalue weighted by Crippen LogP contribution is -2.07. The molecule has 0 aromatic heterocycles. The molecule has 16 heavy (non-hydrogen) atoms. The predicted octanol–water partition coefficient (Wildman–Crippen LogP) is 2.94. The summed E-state index contributed by atoms with van der Waals surface area (Å²) in [4.78, 5) is 11.7. The molecule has 0 radical (unpaired) electrons. The van der Waals surface area contributed by atoms with Crippen molar-refractivity contribution in [2.45, 2.75) is 19.8 Å². The van der Waals surface area contributed by atoms with Gasteiger partial charge in [-0.2, -0.15) is 5.26 Å². The molecule has 1 aromatic rings. The second-order valence-electron chi connectivity index (χ2n) is 4.49. The van der Waals surface area contributed by atoms with E-state index in [-0.39, 0.29) is 11.2 Å². The highest BCUT2D eigenvalue weighted by Gasteiger charge is 2.42. The second kappa shape index (κ2) is 3.94. The lowest BCUT2D eigenvalue weighted by atomic mass is 10.0. The van der Waals surface area contributed by atoms with Gasteiger partial charge in [0.25, 0.3) is 0 Å². The first kappa shape index (κ1) is 10.6. The molecule has 0 unspecified atom stereocenters. The van der Waals surface area contributed by atoms with Gasteiger partial charge in [0.2, 0.25) is 0 Å². The number of carbonyl (C=O) groups is 1. The van der Waals surface area contributed by atoms with Crippen molar-refractivity contribution in [1.82, 2.24) is 0 Å². The first-order valence-electron chi connectivity index (χ1n) is 5.37. The zero-order valence-corrected chi connectivity index (χ0v) is 9.23. The first-order chi connectivity index (χ1) is 7.64. The van der Waals surface area contributed by atoms with Crippen LogP contribution >= 0.6 is 0 Å². The largest absolute Gasteiger partial charge is 0.294 e. The minimum atomic E-state index is -0.0942. The summed E-state index contributed by atoms with van der Waals surface area (Å²) in [6.45, 7) is 2.00. The van der Waals surface area contributed by atoms with Crippen LogP contribution in [0.4, 0.5) is 0 Å². The maximum atomic E-state index is 11.7. The third kappa shape index (κ3) is 2.20. The molecule has 0 heterocycles. The quantitative estimate of drug-likeness (QED) is 0.721. The Balaban J connectivity index is 2.06. The Bertz CT molecular complexity index is 472. The SMILES string of the molecule is CC1(C(=O)/C=C/c2ccc(C#N)cc2)CC1. The minimum Gasteiger partial charge on any atom is -0.294 e. The summed E-state index contributed by atoms with van der Waals surface area (Å²) in [6, 6.07) is 9.26. The predicted molar refractivity (Wildman–Crippen MR) is 62.5 cm³/mol. The van der Waals surface area contributed by atoms with Crippen molar-refractivity contribution in [2.75, 3.05) is 0 Å². The van der Waals surface area contributed by atoms with E-state index in [0.717, 1.165) is 18.4 Å². The number of nitriles is 1. The second-order valence-corrected chi connectivity index (χ2v) is 4.49. The average Bonchev–Trinajstić information content (AvgIpc) is 3.06. The fourth-order valence-electron chi connectivity index (χ4n) is 1.48. The lowest BCUT2D eigenvalue weighted by Gasteiger charge is -2.00. The Labute approximate surface area is 95.2 Å². The van der Waals surface area contributed by atoms with E-state index >= 15 is 0 Å². The summed E-state index contributed by atoms with van der Waals surface area (Å²) in [6.07, 6.45) is 5.47. The molecular formula is C14H13NO. The number of allylic oxidation sites excluding steroid dienone is 1. The topological polar surface area (TPSA) is 40.9 Å². The first-order valence-corrected chi connectivity index (χ1v) is 5.37. The number of rotatable bonds is 3. The molecule has 0 saturated heterocycles. The van der Waals surface area contributed by atoms with Gasteiger partial charge in [0.1, 0.15) is 0 Å². The van der Waals surface area contributed by atoms with Crippen LogP contribution in [0.2, 0.25) is 0 Å². The molecular weight excluding hydrogens is 198 g/mol. The third-order valence-electron chi connectivity index (χ3n) is 3.06. The molecule has 1 saturated carbocycles. The standard InChI is InChI=1S/C14H13NO/c1-14(8-9-14)13(16)7-6-11-2-4-12(10-15)5-3-11/h2-7H,8-9H2,1H3/b7-6+. The third-order valence-corrected chi connectivity index (χ3v) is 3.06. The number of nitrogens with zero attached hydrogens (tertiary/aromatic N) is 1. The summed E-state index contributed by atoms with van der Waals surface area (Å²) in [5.41, 5.74) is 1.50. The molecule has 1 aromatic carbocycles. The number of carbonyl (C=O) groups excluding carboxylic acids is 1. The number of hydrogen-bond donors (Lipinski definition) is 0. The monoisotopic (exact) mass is 211 g/mol. The van der Waals surface area contributed by atoms with Gasteiger partial charge < -0.3 is 0 Å². The summed E-state index contributed by atoms with van der Waals surface area (Å²) >= 11 is 0. The lowest BCUT2D eigenvalue weighted by molar-refractivity contribution is -0.118. The Hall–Kier alpha value is -1.88. The van der Waals surface area contributed by atoms with E-state index in [4.69, 9.17) is 5.26 Å². The van der Waals surface area contributed by atoms with Crippen molar-refractivity contribution in [3.05, 3.63) is 41.5 Å². The van der Waals surface area contributed by atoms with Crippen molar-refractivity contribution in [3.63, 3.8) is 0 Å². The Morgan fingerprint density at radius 1 is 1.38 bits per heavy atom. The van der Waals surface area contributed by atoms with Crippen LogP contribution < -0.4 is 0 Å². The van der Waals surface area contributed by atoms with Crippen LogP contribution in [-0.4, -0.2) is 5.78 Å². The Morgan fingerprint density at radius 3 is 2.50 bits per heavy atom. The van der Waals surface area contributed by atoms with Gasteiger partial charge in [-0.1, -0.05) is 25.1 Å². The maximum Gasteiger partial charge on any atom is 0.161 e. The van der Waals surface area contributed by atoms with E-state index in [1.807, 2.05) is 25.1 Å². The molecule has 80 valence electrons. The zero-order chi connectivity index (χ0) is 11.6. The van der Waals surface area contributed by atoms with Gasteiger partial charge >= 0.3 is 0 Å². The fourth-order valence-corrected chi connectivity index (χ4v) is 1.48. The van der Waals surface area contributed by atoms with Crippen LogP contribution in [-0.2, 0) is 4.79 Å². The molecule has 0 spiro atoms. The van der Waals surface area contributed by atoms with Crippen LogP contribution in [0.25, 0.3) is 6.08 Å². The van der Waals surface area contributed by atoms with Gasteiger partial charge in [0.05, 0.1) is 11.6 Å². The van der Waals surface area contributed by atoms with Crippen molar-refractivity contribution < 1.29 is 4.79 Å². The van der Waals surface area contributed by atoms with Gasteiger partial charge in [-0.15, -0.1) is 0 Å². The molecule has 1 fully saturated rings. The number of hydrogen-bond acceptors (Lipinski definition) is 2. The number of benzene rings is 1. The van der Waals surface area contributed by atoms with Gasteiger partial charge in [0, 0.05) is 5.41 Å². The minimum absolute atomic E-state index is 0.0942. The average molecular weight is 211 g/mol. The van der Waals surface area contributed by atoms with Crippen molar-refractivity contribution in [2.24, 2.45) is 5.41 Å². The van der Waals surface area contributed by atoms with Gasteiger partial charge in [-0.3, -0.25) is 4.79 Å². The van der Waals surface area contributed by atoms with E-state index in [9.17, 15) is 4.79 Å². The molecule has 0 bridgehead atoms. The van der Waals surface area contributed by atoms with Crippen molar-refractivity contribution in [3.8, 4) is 6.07 Å². The van der Waals surface area contributed by atoms with E-state index in [2.05, 4.69) is 6.07 Å².